The standard InChI is InChI=1S/C40H63N13O15S2/c1-19(55)31(38(66)50-25(14-20-6-3-2-4-7-20)36(64)52-27(18-70)39(67)68)53-35(63)22(8-5-13-45-40(43)44)48-37(65)26(16-54)51-34(62)24(10-12-30(58)59)49-33(61)23(9-11-28(42)56)47-29(57)15-46-32(60)21(41)17-69/h2-4,6-7,19,21-27,31,54-55,69-70H,5,8-18,41H2,1H3,(H2,42,56)(H,46,60)(H,47,57)(H,48,65)(H,49,61)(H,50,66)(H,51,62)(H,52,64)(H,53,63)(H,58,59)(H,67,68)(H4,43,44,45). The fraction of sp³-hybridized carbons (Fsp3) is 0.550. The molecule has 0 saturated carbocycles. The third kappa shape index (κ3) is 23.5. The third-order valence-electron chi connectivity index (χ3n) is 9.74. The zero-order chi connectivity index (χ0) is 53.1. The Bertz CT molecular complexity index is 2010. The molecule has 0 radical (unpaired) electrons. The van der Waals surface area contributed by atoms with Gasteiger partial charge in [0.2, 0.25) is 53.2 Å². The first-order valence-electron chi connectivity index (χ1n) is 21.4. The van der Waals surface area contributed by atoms with E-state index in [4.69, 9.17) is 22.9 Å². The number of carbonyl (C=O) groups excluding carboxylic acids is 9. The zero-order valence-corrected chi connectivity index (χ0v) is 39.8. The number of nitrogens with two attached hydrogens (primary N) is 4. The van der Waals surface area contributed by atoms with Gasteiger partial charge in [-0.3, -0.25) is 52.9 Å². The normalized spacial score (nSPS) is 14.7. The Labute approximate surface area is 412 Å². The highest BCUT2D eigenvalue weighted by molar-refractivity contribution is 7.80. The summed E-state index contributed by atoms with van der Waals surface area (Å²) in [5, 5.41) is 57.9. The van der Waals surface area contributed by atoms with E-state index < -0.39 is 158 Å². The Kier molecular flexibility index (Phi) is 28.1. The third-order valence-corrected chi connectivity index (χ3v) is 10.5. The van der Waals surface area contributed by atoms with Crippen LogP contribution in [0.15, 0.2) is 35.3 Å². The number of carboxylic acids is 2. The van der Waals surface area contributed by atoms with Crippen molar-refractivity contribution < 1.29 is 73.2 Å². The summed E-state index contributed by atoms with van der Waals surface area (Å²) in [6.07, 6.45) is -4.39. The summed E-state index contributed by atoms with van der Waals surface area (Å²) in [5.41, 5.74) is 22.1. The lowest BCUT2D eigenvalue weighted by molar-refractivity contribution is -0.142. The topological polar surface area (TPSA) is 481 Å². The van der Waals surface area contributed by atoms with Crippen molar-refractivity contribution in [3.05, 3.63) is 35.9 Å². The quantitative estimate of drug-likeness (QED) is 0.0135. The fourth-order valence-corrected chi connectivity index (χ4v) is 6.35. The first kappa shape index (κ1) is 61.3. The van der Waals surface area contributed by atoms with E-state index in [1.807, 2.05) is 0 Å². The molecule has 1 rings (SSSR count). The number of amides is 9. The molecule has 9 atom stereocenters. The Balaban J connectivity index is 3.41. The number of benzene rings is 1. The molecule has 0 aliphatic rings. The minimum atomic E-state index is -1.91. The van der Waals surface area contributed by atoms with Gasteiger partial charge in [-0.05, 0) is 38.2 Å². The van der Waals surface area contributed by atoms with Crippen LogP contribution in [0.4, 0.5) is 0 Å². The number of hydrogen-bond donors (Lipinski definition) is 18. The number of aliphatic hydroxyl groups excluding tert-OH is 2. The molecule has 0 saturated heterocycles. The van der Waals surface area contributed by atoms with Crippen LogP contribution in [0.1, 0.15) is 51.0 Å². The van der Waals surface area contributed by atoms with E-state index >= 15 is 0 Å². The second kappa shape index (κ2) is 32.1. The fourth-order valence-electron chi connectivity index (χ4n) is 5.94. The van der Waals surface area contributed by atoms with Crippen LogP contribution in [0.2, 0.25) is 0 Å². The van der Waals surface area contributed by atoms with Gasteiger partial charge in [0.15, 0.2) is 5.96 Å². The molecular formula is C40H63N13O15S2. The van der Waals surface area contributed by atoms with E-state index in [2.05, 4.69) is 72.8 Å². The minimum Gasteiger partial charge on any atom is -0.481 e. The Hall–Kier alpha value is -6.76. The van der Waals surface area contributed by atoms with Gasteiger partial charge < -0.3 is 85.9 Å². The maximum atomic E-state index is 13.9. The van der Waals surface area contributed by atoms with Crippen molar-refractivity contribution in [3.8, 4) is 0 Å². The van der Waals surface area contributed by atoms with Gasteiger partial charge in [0.25, 0.3) is 0 Å². The van der Waals surface area contributed by atoms with Gasteiger partial charge in [-0.15, -0.1) is 0 Å². The lowest BCUT2D eigenvalue weighted by Gasteiger charge is -2.28. The van der Waals surface area contributed by atoms with Crippen LogP contribution in [0, 0.1) is 0 Å². The number of nitrogens with one attached hydrogen (secondary N) is 8. The van der Waals surface area contributed by atoms with Crippen molar-refractivity contribution in [3.63, 3.8) is 0 Å². The molecule has 0 spiro atoms. The van der Waals surface area contributed by atoms with Crippen LogP contribution in [-0.4, -0.2) is 177 Å². The van der Waals surface area contributed by atoms with Gasteiger partial charge in [0.05, 0.1) is 25.3 Å². The molecule has 30 heteroatoms. The van der Waals surface area contributed by atoms with Crippen LogP contribution in [-0.2, 0) is 59.2 Å². The molecule has 9 unspecified atom stereocenters. The molecule has 20 N–H and O–H groups in total. The van der Waals surface area contributed by atoms with Gasteiger partial charge in [-0.2, -0.15) is 25.3 Å². The van der Waals surface area contributed by atoms with E-state index in [0.29, 0.717) is 5.56 Å². The molecule has 0 heterocycles. The first-order valence-corrected chi connectivity index (χ1v) is 22.7. The molecule has 9 amide bonds. The molecule has 1 aromatic rings. The molecule has 70 heavy (non-hydrogen) atoms. The van der Waals surface area contributed by atoms with E-state index in [9.17, 15) is 73.2 Å². The van der Waals surface area contributed by atoms with Crippen molar-refractivity contribution in [2.75, 3.05) is 31.2 Å². The van der Waals surface area contributed by atoms with Crippen molar-refractivity contribution in [1.82, 2.24) is 42.5 Å². The minimum absolute atomic E-state index is 0.0144. The average molecular weight is 1030 g/mol. The number of thiol groups is 2. The molecule has 0 bridgehead atoms. The maximum Gasteiger partial charge on any atom is 0.327 e. The van der Waals surface area contributed by atoms with Gasteiger partial charge in [0, 0.05) is 37.3 Å². The van der Waals surface area contributed by atoms with Crippen LogP contribution < -0.4 is 65.5 Å². The van der Waals surface area contributed by atoms with Crippen molar-refractivity contribution >= 4 is 96.3 Å². The molecular weight excluding hydrogens is 967 g/mol. The number of hydrogen-bond acceptors (Lipinski definition) is 17. The van der Waals surface area contributed by atoms with Crippen LogP contribution in [0.5, 0.6) is 0 Å². The molecule has 1 aromatic carbocycles. The molecule has 0 aliphatic heterocycles. The number of aliphatic carboxylic acids is 2. The summed E-state index contributed by atoms with van der Waals surface area (Å²) in [6.45, 7) is -0.804. The van der Waals surface area contributed by atoms with Crippen LogP contribution in [0.3, 0.4) is 0 Å². The number of guanidine groups is 1. The van der Waals surface area contributed by atoms with Gasteiger partial charge in [-0.25, -0.2) is 4.79 Å². The predicted molar refractivity (Wildman–Crippen MR) is 254 cm³/mol. The van der Waals surface area contributed by atoms with E-state index in [0.717, 1.165) is 6.92 Å². The Morgan fingerprint density at radius 3 is 1.64 bits per heavy atom. The number of aliphatic imine (C=N–C) groups is 1. The largest absolute Gasteiger partial charge is 0.481 e. The second-order valence-electron chi connectivity index (χ2n) is 15.4. The number of carbonyl (C=O) groups is 11. The van der Waals surface area contributed by atoms with Gasteiger partial charge in [0.1, 0.15) is 42.3 Å². The molecule has 0 fully saturated rings. The van der Waals surface area contributed by atoms with E-state index in [-0.39, 0.29) is 43.3 Å². The molecule has 28 nitrogen and oxygen atoms in total. The van der Waals surface area contributed by atoms with Crippen molar-refractivity contribution in [1.29, 1.82) is 0 Å². The van der Waals surface area contributed by atoms with Crippen LogP contribution in [0.25, 0.3) is 0 Å². The van der Waals surface area contributed by atoms with Crippen molar-refractivity contribution in [2.45, 2.75) is 106 Å². The van der Waals surface area contributed by atoms with Gasteiger partial charge >= 0.3 is 11.9 Å². The number of rotatable bonds is 33. The summed E-state index contributed by atoms with van der Waals surface area (Å²) in [7, 11) is 0. The van der Waals surface area contributed by atoms with E-state index in [1.54, 1.807) is 30.3 Å². The Morgan fingerprint density at radius 2 is 1.13 bits per heavy atom. The summed E-state index contributed by atoms with van der Waals surface area (Å²) < 4.78 is 0. The molecule has 0 aromatic heterocycles. The highest BCUT2D eigenvalue weighted by Gasteiger charge is 2.35. The summed E-state index contributed by atoms with van der Waals surface area (Å²) >= 11 is 7.83. The molecule has 0 aliphatic carbocycles. The smallest absolute Gasteiger partial charge is 0.327 e. The Morgan fingerprint density at radius 1 is 0.629 bits per heavy atom. The number of nitrogens with zero attached hydrogens (tertiary/aromatic N) is 1. The number of primary amides is 1. The zero-order valence-electron chi connectivity index (χ0n) is 38.0. The second-order valence-corrected chi connectivity index (χ2v) is 16.2. The number of aliphatic hydroxyl groups is 2. The van der Waals surface area contributed by atoms with E-state index in [1.165, 1.54) is 0 Å². The van der Waals surface area contributed by atoms with Gasteiger partial charge in [-0.1, -0.05) is 30.3 Å². The summed E-state index contributed by atoms with van der Waals surface area (Å²) in [4.78, 5) is 145. The first-order chi connectivity index (χ1) is 32.9. The highest BCUT2D eigenvalue weighted by Crippen LogP contribution is 2.09. The highest BCUT2D eigenvalue weighted by atomic mass is 32.1. The monoisotopic (exact) mass is 1030 g/mol. The lowest BCUT2D eigenvalue weighted by Crippen LogP contribution is -2.62. The SMILES string of the molecule is CC(O)C(NC(=O)C(CCCN=C(N)N)NC(=O)C(CO)NC(=O)C(CCC(=O)O)NC(=O)C(CCC(N)=O)NC(=O)CNC(=O)C(N)CS)C(=O)NC(Cc1ccccc1)C(=O)NC(CS)C(=O)O. The average Bonchev–Trinajstić information content (AvgIpc) is 3.30. The maximum absolute atomic E-state index is 13.9. The number of carboxylic acid groups (broad SMARTS) is 2. The summed E-state index contributed by atoms with van der Waals surface area (Å²) in [5.74, 6) is -12.9. The van der Waals surface area contributed by atoms with Crippen LogP contribution >= 0.6 is 25.3 Å². The van der Waals surface area contributed by atoms with Crippen molar-refractivity contribution in [2.24, 2.45) is 27.9 Å². The molecule has 390 valence electrons. The summed E-state index contributed by atoms with van der Waals surface area (Å²) in [6, 6.07) is -4.49. The lowest BCUT2D eigenvalue weighted by atomic mass is 10.0. The predicted octanol–water partition coefficient (Wildman–Crippen LogP) is -7.43.